The fourth-order valence-corrected chi connectivity index (χ4v) is 2.14. The summed E-state index contributed by atoms with van der Waals surface area (Å²) in [7, 11) is 0. The number of rotatable bonds is 9. The number of allylic oxidation sites excluding steroid dienone is 1. The van der Waals surface area contributed by atoms with Crippen LogP contribution in [0, 0.1) is 0 Å². The molecule has 3 nitrogen and oxygen atoms in total. The van der Waals surface area contributed by atoms with Crippen molar-refractivity contribution in [1.29, 1.82) is 0 Å². The summed E-state index contributed by atoms with van der Waals surface area (Å²) in [6.45, 7) is 7.23. The minimum atomic E-state index is -0.0923. The van der Waals surface area contributed by atoms with Crippen LogP contribution < -0.4 is 5.32 Å². The van der Waals surface area contributed by atoms with Crippen LogP contribution in [0.1, 0.15) is 46.0 Å². The molecule has 0 saturated carbocycles. The van der Waals surface area contributed by atoms with Crippen molar-refractivity contribution >= 4 is 0 Å². The second kappa shape index (κ2) is 9.63. The van der Waals surface area contributed by atoms with Gasteiger partial charge in [-0.3, -0.25) is 0 Å². The van der Waals surface area contributed by atoms with E-state index in [0.717, 1.165) is 13.1 Å². The van der Waals surface area contributed by atoms with Crippen LogP contribution in [0.15, 0.2) is 11.6 Å². The summed E-state index contributed by atoms with van der Waals surface area (Å²) in [4.78, 5) is 0. The van der Waals surface area contributed by atoms with Crippen LogP contribution in [-0.2, 0) is 9.47 Å². The van der Waals surface area contributed by atoms with Crippen LogP contribution in [0.4, 0.5) is 0 Å². The van der Waals surface area contributed by atoms with Crippen molar-refractivity contribution in [3.63, 3.8) is 0 Å². The van der Waals surface area contributed by atoms with Gasteiger partial charge >= 0.3 is 0 Å². The molecule has 0 aromatic carbocycles. The summed E-state index contributed by atoms with van der Waals surface area (Å²) in [6, 6.07) is 0. The average molecular weight is 241 g/mol. The van der Waals surface area contributed by atoms with Gasteiger partial charge in [-0.05, 0) is 52.5 Å². The number of hydrogen-bond donors (Lipinski definition) is 1. The summed E-state index contributed by atoms with van der Waals surface area (Å²) in [5, 5.41) is 3.41. The van der Waals surface area contributed by atoms with Gasteiger partial charge in [-0.2, -0.15) is 0 Å². The van der Waals surface area contributed by atoms with Gasteiger partial charge in [0.2, 0.25) is 0 Å². The van der Waals surface area contributed by atoms with Gasteiger partial charge < -0.3 is 14.8 Å². The molecule has 3 heteroatoms. The Kier molecular flexibility index (Phi) is 8.32. The number of nitrogens with one attached hydrogen (secondary N) is 1. The van der Waals surface area contributed by atoms with Crippen molar-refractivity contribution in [1.82, 2.24) is 5.32 Å². The monoisotopic (exact) mass is 241 g/mol. The Morgan fingerprint density at radius 3 is 2.59 bits per heavy atom. The maximum absolute atomic E-state index is 5.48. The molecule has 0 spiro atoms. The lowest BCUT2D eigenvalue weighted by Crippen LogP contribution is -2.32. The van der Waals surface area contributed by atoms with Crippen molar-refractivity contribution in [2.75, 3.05) is 26.3 Å². The predicted molar refractivity (Wildman–Crippen MR) is 71.1 cm³/mol. The molecule has 0 unspecified atom stereocenters. The molecule has 0 radical (unpaired) electrons. The first kappa shape index (κ1) is 14.7. The highest BCUT2D eigenvalue weighted by atomic mass is 16.7. The van der Waals surface area contributed by atoms with E-state index in [4.69, 9.17) is 9.47 Å². The summed E-state index contributed by atoms with van der Waals surface area (Å²) in [5.74, 6) is 0. The maximum atomic E-state index is 5.48. The van der Waals surface area contributed by atoms with Crippen molar-refractivity contribution in [2.24, 2.45) is 0 Å². The molecule has 0 aromatic rings. The normalized spacial score (nSPS) is 16.3. The summed E-state index contributed by atoms with van der Waals surface area (Å²) >= 11 is 0. The largest absolute Gasteiger partial charge is 0.352 e. The van der Waals surface area contributed by atoms with Crippen LogP contribution in [0.5, 0.6) is 0 Å². The van der Waals surface area contributed by atoms with E-state index in [1.54, 1.807) is 5.57 Å². The van der Waals surface area contributed by atoms with E-state index in [-0.39, 0.29) is 6.29 Å². The highest BCUT2D eigenvalue weighted by molar-refractivity contribution is 5.05. The molecule has 1 rings (SSSR count). The van der Waals surface area contributed by atoms with Crippen LogP contribution in [0.25, 0.3) is 0 Å². The van der Waals surface area contributed by atoms with Crippen LogP contribution in [0.3, 0.4) is 0 Å². The van der Waals surface area contributed by atoms with Gasteiger partial charge in [-0.15, -0.1) is 0 Å². The number of ether oxygens (including phenoxy) is 2. The van der Waals surface area contributed by atoms with E-state index in [0.29, 0.717) is 13.2 Å². The third-order valence-electron chi connectivity index (χ3n) is 3.02. The average Bonchev–Trinajstić information content (AvgIpc) is 2.36. The standard InChI is InChI=1S/C14H27NO2/c1-3-16-14(17-4-2)12-15-11-10-13-8-6-5-7-9-13/h8,14-15H,3-7,9-12H2,1-2H3. The van der Waals surface area contributed by atoms with Crippen molar-refractivity contribution < 1.29 is 9.47 Å². The van der Waals surface area contributed by atoms with Crippen LogP contribution >= 0.6 is 0 Å². The Hall–Kier alpha value is -0.380. The SMILES string of the molecule is CCOC(CNCCC1=CCCCC1)OCC. The molecular weight excluding hydrogens is 214 g/mol. The van der Waals surface area contributed by atoms with Gasteiger partial charge in [0.1, 0.15) is 0 Å². The molecule has 17 heavy (non-hydrogen) atoms. The number of hydrogen-bond acceptors (Lipinski definition) is 3. The minimum absolute atomic E-state index is 0.0923. The zero-order valence-electron chi connectivity index (χ0n) is 11.3. The highest BCUT2D eigenvalue weighted by Gasteiger charge is 2.07. The summed E-state index contributed by atoms with van der Waals surface area (Å²) in [6.07, 6.45) is 8.79. The Morgan fingerprint density at radius 2 is 2.00 bits per heavy atom. The van der Waals surface area contributed by atoms with Crippen molar-refractivity contribution in [3.8, 4) is 0 Å². The maximum Gasteiger partial charge on any atom is 0.169 e. The van der Waals surface area contributed by atoms with E-state index in [1.807, 2.05) is 13.8 Å². The predicted octanol–water partition coefficient (Wildman–Crippen LogP) is 2.87. The Bertz CT molecular complexity index is 210. The fraction of sp³-hybridized carbons (Fsp3) is 0.857. The molecule has 0 fully saturated rings. The quantitative estimate of drug-likeness (QED) is 0.382. The molecule has 0 bridgehead atoms. The highest BCUT2D eigenvalue weighted by Crippen LogP contribution is 2.19. The molecule has 0 aliphatic heterocycles. The minimum Gasteiger partial charge on any atom is -0.352 e. The van der Waals surface area contributed by atoms with E-state index in [2.05, 4.69) is 11.4 Å². The molecule has 0 amide bonds. The Labute approximate surface area is 106 Å². The second-order valence-corrected chi connectivity index (χ2v) is 4.40. The molecule has 0 atom stereocenters. The first-order valence-electron chi connectivity index (χ1n) is 6.98. The lowest BCUT2D eigenvalue weighted by Gasteiger charge is -2.18. The lowest BCUT2D eigenvalue weighted by atomic mass is 9.97. The van der Waals surface area contributed by atoms with Crippen LogP contribution in [0.2, 0.25) is 0 Å². The van der Waals surface area contributed by atoms with Gasteiger partial charge in [-0.1, -0.05) is 11.6 Å². The van der Waals surface area contributed by atoms with E-state index in [1.165, 1.54) is 32.1 Å². The fourth-order valence-electron chi connectivity index (χ4n) is 2.14. The molecule has 1 N–H and O–H groups in total. The van der Waals surface area contributed by atoms with Gasteiger partial charge in [-0.25, -0.2) is 0 Å². The zero-order chi connectivity index (χ0) is 12.3. The van der Waals surface area contributed by atoms with Gasteiger partial charge in [0, 0.05) is 19.8 Å². The third kappa shape index (κ3) is 6.81. The first-order chi connectivity index (χ1) is 8.36. The van der Waals surface area contributed by atoms with Crippen molar-refractivity contribution in [2.45, 2.75) is 52.2 Å². The second-order valence-electron chi connectivity index (χ2n) is 4.40. The summed E-state index contributed by atoms with van der Waals surface area (Å²) < 4.78 is 11.0. The Balaban J connectivity index is 2.06. The smallest absolute Gasteiger partial charge is 0.169 e. The third-order valence-corrected chi connectivity index (χ3v) is 3.02. The van der Waals surface area contributed by atoms with Crippen LogP contribution in [-0.4, -0.2) is 32.6 Å². The van der Waals surface area contributed by atoms with Gasteiger partial charge in [0.25, 0.3) is 0 Å². The molecule has 0 saturated heterocycles. The Morgan fingerprint density at radius 1 is 1.24 bits per heavy atom. The molecule has 100 valence electrons. The topological polar surface area (TPSA) is 30.5 Å². The van der Waals surface area contributed by atoms with Gasteiger partial charge in [0.05, 0.1) is 0 Å². The molecule has 0 heterocycles. The first-order valence-corrected chi connectivity index (χ1v) is 6.98. The lowest BCUT2D eigenvalue weighted by molar-refractivity contribution is -0.132. The molecule has 0 aromatic heterocycles. The molecule has 1 aliphatic rings. The zero-order valence-corrected chi connectivity index (χ0v) is 11.3. The molecule has 1 aliphatic carbocycles. The summed E-state index contributed by atoms with van der Waals surface area (Å²) in [5.41, 5.74) is 1.62. The van der Waals surface area contributed by atoms with E-state index >= 15 is 0 Å². The van der Waals surface area contributed by atoms with Gasteiger partial charge in [0.15, 0.2) is 6.29 Å². The van der Waals surface area contributed by atoms with E-state index < -0.39 is 0 Å². The molecular formula is C14H27NO2. The van der Waals surface area contributed by atoms with Crippen molar-refractivity contribution in [3.05, 3.63) is 11.6 Å². The van der Waals surface area contributed by atoms with E-state index in [9.17, 15) is 0 Å².